The van der Waals surface area contributed by atoms with Gasteiger partial charge in [-0.05, 0) is 24.3 Å². The first-order valence-corrected chi connectivity index (χ1v) is 8.22. The number of aromatic nitrogens is 3. The third-order valence-corrected chi connectivity index (χ3v) is 3.96. The highest BCUT2D eigenvalue weighted by Crippen LogP contribution is 2.26. The van der Waals surface area contributed by atoms with Crippen LogP contribution in [-0.2, 0) is 0 Å². The Hall–Kier alpha value is -3.73. The summed E-state index contributed by atoms with van der Waals surface area (Å²) in [6.07, 6.45) is 0. The number of benzene rings is 3. The number of anilines is 2. The van der Waals surface area contributed by atoms with E-state index in [0.29, 0.717) is 28.8 Å². The molecule has 0 unspecified atom stereocenters. The second kappa shape index (κ2) is 6.64. The molecule has 0 radical (unpaired) electrons. The first kappa shape index (κ1) is 15.8. The van der Waals surface area contributed by atoms with Crippen molar-refractivity contribution in [3.63, 3.8) is 0 Å². The quantitative estimate of drug-likeness (QED) is 0.550. The van der Waals surface area contributed by atoms with Crippen molar-refractivity contribution < 1.29 is 0 Å². The summed E-state index contributed by atoms with van der Waals surface area (Å²) in [6, 6.07) is 24.8. The van der Waals surface area contributed by atoms with Gasteiger partial charge in [0.2, 0.25) is 0 Å². The van der Waals surface area contributed by atoms with Gasteiger partial charge in [0.15, 0.2) is 17.5 Å². The van der Waals surface area contributed by atoms with Crippen molar-refractivity contribution in [1.82, 2.24) is 15.0 Å². The lowest BCUT2D eigenvalue weighted by atomic mass is 10.1. The fourth-order valence-corrected chi connectivity index (χ4v) is 2.71. The minimum absolute atomic E-state index is 0.573. The first-order chi connectivity index (χ1) is 12.7. The van der Waals surface area contributed by atoms with E-state index in [1.54, 1.807) is 0 Å². The highest BCUT2D eigenvalue weighted by molar-refractivity contribution is 5.69. The van der Waals surface area contributed by atoms with Crippen molar-refractivity contribution in [2.45, 2.75) is 0 Å². The van der Waals surface area contributed by atoms with E-state index in [-0.39, 0.29) is 0 Å². The van der Waals surface area contributed by atoms with E-state index in [1.165, 1.54) is 0 Å². The smallest absolute Gasteiger partial charge is 0.164 e. The molecule has 0 aliphatic rings. The number of rotatable bonds is 3. The van der Waals surface area contributed by atoms with E-state index in [1.807, 2.05) is 78.9 Å². The summed E-state index contributed by atoms with van der Waals surface area (Å²) in [5.74, 6) is 1.75. The summed E-state index contributed by atoms with van der Waals surface area (Å²) in [4.78, 5) is 14.0. The minimum atomic E-state index is 0.573. The maximum absolute atomic E-state index is 5.93. The van der Waals surface area contributed by atoms with Crippen molar-refractivity contribution in [3.05, 3.63) is 78.9 Å². The lowest BCUT2D eigenvalue weighted by Crippen LogP contribution is -2.00. The highest BCUT2D eigenvalue weighted by Gasteiger charge is 2.12. The van der Waals surface area contributed by atoms with Crippen molar-refractivity contribution in [2.24, 2.45) is 0 Å². The van der Waals surface area contributed by atoms with Crippen molar-refractivity contribution >= 4 is 11.4 Å². The van der Waals surface area contributed by atoms with Crippen LogP contribution in [0.5, 0.6) is 0 Å². The van der Waals surface area contributed by atoms with Gasteiger partial charge in [-0.2, -0.15) is 0 Å². The molecule has 0 saturated heterocycles. The fourth-order valence-electron chi connectivity index (χ4n) is 2.71. The molecular weight excluding hydrogens is 322 g/mol. The predicted molar refractivity (Wildman–Crippen MR) is 105 cm³/mol. The van der Waals surface area contributed by atoms with Gasteiger partial charge < -0.3 is 11.5 Å². The second-order valence-corrected chi connectivity index (χ2v) is 5.92. The summed E-state index contributed by atoms with van der Waals surface area (Å²) in [6.45, 7) is 0. The zero-order valence-electron chi connectivity index (χ0n) is 14.0. The van der Waals surface area contributed by atoms with Gasteiger partial charge in [-0.1, -0.05) is 54.6 Å². The van der Waals surface area contributed by atoms with Gasteiger partial charge in [-0.25, -0.2) is 15.0 Å². The van der Waals surface area contributed by atoms with Gasteiger partial charge in [0, 0.05) is 28.1 Å². The van der Waals surface area contributed by atoms with Crippen LogP contribution in [0.3, 0.4) is 0 Å². The molecule has 1 heterocycles. The number of nitrogens with zero attached hydrogens (tertiary/aromatic N) is 3. The Bertz CT molecular complexity index is 997. The molecule has 4 rings (SSSR count). The molecule has 0 aliphatic carbocycles. The van der Waals surface area contributed by atoms with E-state index in [4.69, 9.17) is 11.5 Å². The van der Waals surface area contributed by atoms with Gasteiger partial charge >= 0.3 is 0 Å². The number of hydrogen-bond donors (Lipinski definition) is 2. The van der Waals surface area contributed by atoms with E-state index < -0.39 is 0 Å². The Morgan fingerprint density at radius 1 is 0.462 bits per heavy atom. The zero-order valence-corrected chi connectivity index (χ0v) is 14.0. The van der Waals surface area contributed by atoms with Crippen molar-refractivity contribution in [1.29, 1.82) is 0 Å². The first-order valence-electron chi connectivity index (χ1n) is 8.22. The van der Waals surface area contributed by atoms with Crippen LogP contribution < -0.4 is 11.5 Å². The van der Waals surface area contributed by atoms with Gasteiger partial charge in [-0.15, -0.1) is 0 Å². The highest BCUT2D eigenvalue weighted by atomic mass is 15.0. The maximum Gasteiger partial charge on any atom is 0.164 e. The Balaban J connectivity index is 1.93. The van der Waals surface area contributed by atoms with Crippen LogP contribution >= 0.6 is 0 Å². The molecule has 0 bridgehead atoms. The standard InChI is InChI=1S/C21H17N5/c22-17-10-4-8-15(12-17)20-24-19(14-6-2-1-3-7-14)25-21(26-20)16-9-5-11-18(23)13-16/h1-13H,22-23H2. The van der Waals surface area contributed by atoms with Crippen LogP contribution in [0.4, 0.5) is 11.4 Å². The third-order valence-electron chi connectivity index (χ3n) is 3.96. The van der Waals surface area contributed by atoms with Gasteiger partial charge in [0.05, 0.1) is 0 Å². The monoisotopic (exact) mass is 339 g/mol. The Labute approximate surface area is 151 Å². The average molecular weight is 339 g/mol. The molecular formula is C21H17N5. The lowest BCUT2D eigenvalue weighted by molar-refractivity contribution is 1.07. The Morgan fingerprint density at radius 3 is 1.35 bits per heavy atom. The van der Waals surface area contributed by atoms with Crippen LogP contribution in [0.1, 0.15) is 0 Å². The second-order valence-electron chi connectivity index (χ2n) is 5.92. The van der Waals surface area contributed by atoms with E-state index >= 15 is 0 Å². The van der Waals surface area contributed by atoms with Crippen LogP contribution in [0.25, 0.3) is 34.2 Å². The molecule has 4 N–H and O–H groups in total. The van der Waals surface area contributed by atoms with Crippen LogP contribution in [0.2, 0.25) is 0 Å². The van der Waals surface area contributed by atoms with Crippen LogP contribution in [0, 0.1) is 0 Å². The summed E-state index contributed by atoms with van der Waals surface area (Å²) in [7, 11) is 0. The topological polar surface area (TPSA) is 90.7 Å². The SMILES string of the molecule is Nc1cccc(-c2nc(-c3ccccc3)nc(-c3cccc(N)c3)n2)c1. The summed E-state index contributed by atoms with van der Waals surface area (Å²) in [5.41, 5.74) is 15.8. The number of hydrogen-bond acceptors (Lipinski definition) is 5. The molecule has 1 aromatic heterocycles. The fraction of sp³-hybridized carbons (Fsp3) is 0. The Kier molecular flexibility index (Phi) is 4.03. The minimum Gasteiger partial charge on any atom is -0.399 e. The van der Waals surface area contributed by atoms with Crippen LogP contribution in [-0.4, -0.2) is 15.0 Å². The largest absolute Gasteiger partial charge is 0.399 e. The molecule has 4 aromatic rings. The molecule has 0 aliphatic heterocycles. The Morgan fingerprint density at radius 2 is 0.885 bits per heavy atom. The lowest BCUT2D eigenvalue weighted by Gasteiger charge is -2.09. The molecule has 0 atom stereocenters. The van der Waals surface area contributed by atoms with E-state index in [0.717, 1.165) is 16.7 Å². The summed E-state index contributed by atoms with van der Waals surface area (Å²) in [5, 5.41) is 0. The van der Waals surface area contributed by atoms with E-state index in [9.17, 15) is 0 Å². The molecule has 26 heavy (non-hydrogen) atoms. The van der Waals surface area contributed by atoms with E-state index in [2.05, 4.69) is 15.0 Å². The van der Waals surface area contributed by atoms with Crippen molar-refractivity contribution in [3.8, 4) is 34.2 Å². The maximum atomic E-state index is 5.93. The molecule has 0 fully saturated rings. The summed E-state index contributed by atoms with van der Waals surface area (Å²) >= 11 is 0. The van der Waals surface area contributed by atoms with Gasteiger partial charge in [0.25, 0.3) is 0 Å². The number of nitrogens with two attached hydrogens (primary N) is 2. The van der Waals surface area contributed by atoms with Crippen LogP contribution in [0.15, 0.2) is 78.9 Å². The zero-order chi connectivity index (χ0) is 17.9. The summed E-state index contributed by atoms with van der Waals surface area (Å²) < 4.78 is 0. The normalized spacial score (nSPS) is 10.6. The van der Waals surface area contributed by atoms with Crippen molar-refractivity contribution in [2.75, 3.05) is 11.5 Å². The van der Waals surface area contributed by atoms with Gasteiger partial charge in [0.1, 0.15) is 0 Å². The predicted octanol–water partition coefficient (Wildman–Crippen LogP) is 4.04. The molecule has 0 amide bonds. The molecule has 5 nitrogen and oxygen atoms in total. The molecule has 0 spiro atoms. The molecule has 5 heteroatoms. The van der Waals surface area contributed by atoms with Gasteiger partial charge in [-0.3, -0.25) is 0 Å². The molecule has 126 valence electrons. The third kappa shape index (κ3) is 3.23. The number of nitrogen functional groups attached to an aromatic ring is 2. The molecule has 0 saturated carbocycles. The average Bonchev–Trinajstić information content (AvgIpc) is 2.68. The molecule has 3 aromatic carbocycles.